The quantitative estimate of drug-likeness (QED) is 0.821. The maximum Gasteiger partial charge on any atom is 0.310 e. The molecular weight excluding hydrogens is 339 g/mol. The second kappa shape index (κ2) is 8.52. The van der Waals surface area contributed by atoms with Crippen LogP contribution in [0.4, 0.5) is 5.69 Å². The van der Waals surface area contributed by atoms with Gasteiger partial charge >= 0.3 is 5.97 Å². The summed E-state index contributed by atoms with van der Waals surface area (Å²) in [5.41, 5.74) is 0.489. The summed E-state index contributed by atoms with van der Waals surface area (Å²) in [5.74, 6) is -0.527. The highest BCUT2D eigenvalue weighted by Crippen LogP contribution is 2.29. The van der Waals surface area contributed by atoms with Crippen molar-refractivity contribution >= 4 is 40.8 Å². The molecule has 0 aromatic heterocycles. The Morgan fingerprint density at radius 3 is 2.91 bits per heavy atom. The Morgan fingerprint density at radius 2 is 2.17 bits per heavy atom. The number of carbonyl (C=O) groups is 2. The van der Waals surface area contributed by atoms with E-state index in [1.54, 1.807) is 25.1 Å². The molecule has 2 rings (SSSR count). The molecule has 0 unspecified atom stereocenters. The normalized spacial score (nSPS) is 18.5. The molecular formula is C16H20Cl2N2O3. The fraction of sp³-hybridized carbons (Fsp3) is 0.500. The molecule has 7 heteroatoms. The van der Waals surface area contributed by atoms with Crippen LogP contribution in [0.25, 0.3) is 0 Å². The van der Waals surface area contributed by atoms with E-state index in [0.717, 1.165) is 19.4 Å². The first kappa shape index (κ1) is 18.0. The van der Waals surface area contributed by atoms with Gasteiger partial charge in [-0.3, -0.25) is 14.5 Å². The Kier molecular flexibility index (Phi) is 6.69. The van der Waals surface area contributed by atoms with Gasteiger partial charge in [0.15, 0.2) is 0 Å². The van der Waals surface area contributed by atoms with Crippen LogP contribution in [0.3, 0.4) is 0 Å². The molecule has 0 bridgehead atoms. The standard InChI is InChI=1S/C16H20Cl2N2O3/c1-2-23-16(22)11-5-4-8-20(9-11)10-14(21)19-13-7-3-6-12(17)15(13)18/h3,6-7,11H,2,4-5,8-10H2,1H3,(H,19,21)/t11-/m1/s1. The van der Waals surface area contributed by atoms with Gasteiger partial charge in [0.2, 0.25) is 5.91 Å². The predicted octanol–water partition coefficient (Wildman–Crippen LogP) is 3.21. The molecule has 1 heterocycles. The highest BCUT2D eigenvalue weighted by molar-refractivity contribution is 6.43. The maximum absolute atomic E-state index is 12.2. The number of nitrogens with zero attached hydrogens (tertiary/aromatic N) is 1. The van der Waals surface area contributed by atoms with E-state index in [9.17, 15) is 9.59 Å². The van der Waals surface area contributed by atoms with Gasteiger partial charge in [-0.25, -0.2) is 0 Å². The summed E-state index contributed by atoms with van der Waals surface area (Å²) in [7, 11) is 0. The van der Waals surface area contributed by atoms with Crippen molar-refractivity contribution in [3.8, 4) is 0 Å². The third kappa shape index (κ3) is 5.09. The van der Waals surface area contributed by atoms with Gasteiger partial charge in [0.05, 0.1) is 34.8 Å². The third-order valence-electron chi connectivity index (χ3n) is 3.72. The number of benzene rings is 1. The smallest absolute Gasteiger partial charge is 0.310 e. The Hall–Kier alpha value is -1.30. The Bertz CT molecular complexity index is 580. The maximum atomic E-state index is 12.2. The van der Waals surface area contributed by atoms with E-state index in [1.807, 2.05) is 4.90 Å². The second-order valence-electron chi connectivity index (χ2n) is 5.48. The van der Waals surface area contributed by atoms with Crippen LogP contribution in [0, 0.1) is 5.92 Å². The average molecular weight is 359 g/mol. The largest absolute Gasteiger partial charge is 0.466 e. The van der Waals surface area contributed by atoms with Crippen molar-refractivity contribution in [2.24, 2.45) is 5.92 Å². The number of likely N-dealkylation sites (tertiary alicyclic amines) is 1. The average Bonchev–Trinajstić information content (AvgIpc) is 2.52. The van der Waals surface area contributed by atoms with Crippen LogP contribution in [-0.4, -0.2) is 43.0 Å². The van der Waals surface area contributed by atoms with E-state index in [-0.39, 0.29) is 24.3 Å². The summed E-state index contributed by atoms with van der Waals surface area (Å²) in [6.45, 7) is 3.70. The molecule has 1 aromatic rings. The van der Waals surface area contributed by atoms with E-state index < -0.39 is 0 Å². The number of nitrogens with one attached hydrogen (secondary N) is 1. The van der Waals surface area contributed by atoms with E-state index in [0.29, 0.717) is 28.9 Å². The molecule has 126 valence electrons. The number of halogens is 2. The first-order valence-electron chi connectivity index (χ1n) is 7.64. The lowest BCUT2D eigenvalue weighted by Gasteiger charge is -2.30. The molecule has 5 nitrogen and oxygen atoms in total. The lowest BCUT2D eigenvalue weighted by atomic mass is 9.98. The van der Waals surface area contributed by atoms with Crippen molar-refractivity contribution in [1.82, 2.24) is 4.90 Å². The van der Waals surface area contributed by atoms with Crippen molar-refractivity contribution in [1.29, 1.82) is 0 Å². The molecule has 0 saturated carbocycles. The topological polar surface area (TPSA) is 58.6 Å². The SMILES string of the molecule is CCOC(=O)[C@@H]1CCCN(CC(=O)Nc2cccc(Cl)c2Cl)C1. The number of ether oxygens (including phenoxy) is 1. The van der Waals surface area contributed by atoms with Crippen LogP contribution in [0.2, 0.25) is 10.0 Å². The van der Waals surface area contributed by atoms with Crippen molar-refractivity contribution < 1.29 is 14.3 Å². The number of amides is 1. The Balaban J connectivity index is 1.89. The summed E-state index contributed by atoms with van der Waals surface area (Å²) in [6, 6.07) is 5.08. The zero-order valence-electron chi connectivity index (χ0n) is 13.0. The number of esters is 1. The third-order valence-corrected chi connectivity index (χ3v) is 4.54. The number of carbonyl (C=O) groups excluding carboxylic acids is 2. The summed E-state index contributed by atoms with van der Waals surface area (Å²) in [6.07, 6.45) is 1.67. The summed E-state index contributed by atoms with van der Waals surface area (Å²) < 4.78 is 5.06. The molecule has 0 radical (unpaired) electrons. The van der Waals surface area contributed by atoms with Gasteiger partial charge in [-0.2, -0.15) is 0 Å². The van der Waals surface area contributed by atoms with Crippen molar-refractivity contribution in [2.75, 3.05) is 31.6 Å². The zero-order chi connectivity index (χ0) is 16.8. The fourth-order valence-corrected chi connectivity index (χ4v) is 2.99. The van der Waals surface area contributed by atoms with Gasteiger partial charge in [0.25, 0.3) is 0 Å². The lowest BCUT2D eigenvalue weighted by molar-refractivity contribution is -0.150. The van der Waals surface area contributed by atoms with Crippen molar-refractivity contribution in [2.45, 2.75) is 19.8 Å². The molecule has 1 N–H and O–H groups in total. The summed E-state index contributed by atoms with van der Waals surface area (Å²) in [4.78, 5) is 26.0. The van der Waals surface area contributed by atoms with Gasteiger partial charge in [0, 0.05) is 6.54 Å². The molecule has 0 spiro atoms. The van der Waals surface area contributed by atoms with Gasteiger partial charge in [-0.1, -0.05) is 29.3 Å². The Labute approximate surface area is 145 Å². The van der Waals surface area contributed by atoms with Gasteiger partial charge in [-0.05, 0) is 38.4 Å². The van der Waals surface area contributed by atoms with Crippen LogP contribution in [-0.2, 0) is 14.3 Å². The van der Waals surface area contributed by atoms with Crippen molar-refractivity contribution in [3.05, 3.63) is 28.2 Å². The van der Waals surface area contributed by atoms with Gasteiger partial charge in [0.1, 0.15) is 0 Å². The lowest BCUT2D eigenvalue weighted by Crippen LogP contribution is -2.43. The van der Waals surface area contributed by atoms with E-state index in [1.165, 1.54) is 0 Å². The van der Waals surface area contributed by atoms with Crippen LogP contribution in [0.5, 0.6) is 0 Å². The molecule has 1 aliphatic heterocycles. The zero-order valence-corrected chi connectivity index (χ0v) is 14.5. The molecule has 1 aliphatic rings. The molecule has 23 heavy (non-hydrogen) atoms. The van der Waals surface area contributed by atoms with Crippen LogP contribution in [0.1, 0.15) is 19.8 Å². The first-order valence-corrected chi connectivity index (χ1v) is 8.39. The second-order valence-corrected chi connectivity index (χ2v) is 6.26. The van der Waals surface area contributed by atoms with Gasteiger partial charge < -0.3 is 10.1 Å². The molecule has 1 aromatic carbocycles. The highest BCUT2D eigenvalue weighted by atomic mass is 35.5. The summed E-state index contributed by atoms with van der Waals surface area (Å²) >= 11 is 12.0. The molecule has 1 saturated heterocycles. The number of piperidine rings is 1. The number of hydrogen-bond acceptors (Lipinski definition) is 4. The fourth-order valence-electron chi connectivity index (χ4n) is 2.64. The Morgan fingerprint density at radius 1 is 1.39 bits per heavy atom. The number of hydrogen-bond donors (Lipinski definition) is 1. The predicted molar refractivity (Wildman–Crippen MR) is 90.9 cm³/mol. The molecule has 1 amide bonds. The van der Waals surface area contributed by atoms with E-state index in [2.05, 4.69) is 5.32 Å². The van der Waals surface area contributed by atoms with Crippen LogP contribution >= 0.6 is 23.2 Å². The first-order chi connectivity index (χ1) is 11.0. The summed E-state index contributed by atoms with van der Waals surface area (Å²) in [5, 5.41) is 3.47. The van der Waals surface area contributed by atoms with Crippen molar-refractivity contribution in [3.63, 3.8) is 0 Å². The molecule has 1 fully saturated rings. The van der Waals surface area contributed by atoms with Gasteiger partial charge in [-0.15, -0.1) is 0 Å². The number of anilines is 1. The monoisotopic (exact) mass is 358 g/mol. The molecule has 0 aliphatic carbocycles. The van der Waals surface area contributed by atoms with E-state index >= 15 is 0 Å². The molecule has 1 atom stereocenters. The highest BCUT2D eigenvalue weighted by Gasteiger charge is 2.27. The van der Waals surface area contributed by atoms with Crippen LogP contribution < -0.4 is 5.32 Å². The van der Waals surface area contributed by atoms with E-state index in [4.69, 9.17) is 27.9 Å². The van der Waals surface area contributed by atoms with Crippen LogP contribution in [0.15, 0.2) is 18.2 Å². The minimum absolute atomic E-state index is 0.161. The minimum atomic E-state index is -0.185. The number of rotatable bonds is 5. The minimum Gasteiger partial charge on any atom is -0.466 e.